The van der Waals surface area contributed by atoms with Gasteiger partial charge < -0.3 is 10.6 Å². The number of hydrogen-bond donors (Lipinski definition) is 2. The van der Waals surface area contributed by atoms with Crippen LogP contribution >= 0.6 is 23.7 Å². The van der Waals surface area contributed by atoms with Crippen LogP contribution in [0.25, 0.3) is 0 Å². The number of carbonyl (C=O) groups excluding carboxylic acids is 1. The van der Waals surface area contributed by atoms with Gasteiger partial charge in [-0.3, -0.25) is 14.9 Å². The highest BCUT2D eigenvalue weighted by atomic mass is 35.5. The van der Waals surface area contributed by atoms with Crippen LogP contribution in [0.1, 0.15) is 17.3 Å². The van der Waals surface area contributed by atoms with Crippen molar-refractivity contribution in [3.63, 3.8) is 0 Å². The van der Waals surface area contributed by atoms with E-state index < -0.39 is 4.92 Å². The molecule has 0 aliphatic carbocycles. The zero-order chi connectivity index (χ0) is 12.1. The third kappa shape index (κ3) is 4.68. The van der Waals surface area contributed by atoms with E-state index >= 15 is 0 Å². The zero-order valence-electron chi connectivity index (χ0n) is 9.43. The topological polar surface area (TPSA) is 84.3 Å². The first-order valence-electron chi connectivity index (χ1n) is 4.73. The molecule has 17 heavy (non-hydrogen) atoms. The number of likely N-dealkylation sites (N-methyl/N-ethyl adjacent to an activating group) is 1. The van der Waals surface area contributed by atoms with Gasteiger partial charge in [-0.2, -0.15) is 0 Å². The molecule has 0 radical (unpaired) electrons. The fourth-order valence-corrected chi connectivity index (χ4v) is 1.69. The number of rotatable bonds is 5. The summed E-state index contributed by atoms with van der Waals surface area (Å²) in [5.74, 6) is -0.286. The van der Waals surface area contributed by atoms with Crippen molar-refractivity contribution in [1.29, 1.82) is 0 Å². The fraction of sp³-hybridized carbons (Fsp3) is 0.444. The Hall–Kier alpha value is -1.18. The quantitative estimate of drug-likeness (QED) is 0.630. The van der Waals surface area contributed by atoms with Gasteiger partial charge in [-0.25, -0.2) is 0 Å². The summed E-state index contributed by atoms with van der Waals surface area (Å²) >= 11 is 0.950. The minimum atomic E-state index is -0.502. The van der Waals surface area contributed by atoms with E-state index in [4.69, 9.17) is 0 Å². The van der Waals surface area contributed by atoms with Gasteiger partial charge in [0.1, 0.15) is 0 Å². The van der Waals surface area contributed by atoms with Crippen molar-refractivity contribution in [3.05, 3.63) is 27.1 Å². The Kier molecular flexibility index (Phi) is 6.71. The molecule has 1 amide bonds. The number of halogens is 1. The van der Waals surface area contributed by atoms with E-state index in [9.17, 15) is 14.9 Å². The van der Waals surface area contributed by atoms with Crippen molar-refractivity contribution in [3.8, 4) is 0 Å². The molecule has 8 heteroatoms. The Morgan fingerprint density at radius 1 is 1.65 bits per heavy atom. The van der Waals surface area contributed by atoms with Gasteiger partial charge in [0.15, 0.2) is 0 Å². The lowest BCUT2D eigenvalue weighted by Crippen LogP contribution is -2.36. The van der Waals surface area contributed by atoms with Crippen molar-refractivity contribution >= 4 is 34.7 Å². The lowest BCUT2D eigenvalue weighted by molar-refractivity contribution is -0.380. The second-order valence-corrected chi connectivity index (χ2v) is 4.22. The van der Waals surface area contributed by atoms with Crippen LogP contribution < -0.4 is 10.6 Å². The highest BCUT2D eigenvalue weighted by Gasteiger charge is 2.14. The molecule has 1 aromatic rings. The van der Waals surface area contributed by atoms with E-state index in [1.807, 2.05) is 6.92 Å². The molecule has 1 aromatic heterocycles. The zero-order valence-corrected chi connectivity index (χ0v) is 11.1. The second kappa shape index (κ2) is 7.21. The molecule has 1 unspecified atom stereocenters. The normalized spacial score (nSPS) is 11.4. The SMILES string of the molecule is CNC(C)CNC(=O)c1csc([N+](=O)[O-])c1.Cl. The maximum atomic E-state index is 11.5. The molecule has 1 heterocycles. The smallest absolute Gasteiger partial charge is 0.324 e. The second-order valence-electron chi connectivity index (χ2n) is 3.33. The molecule has 0 saturated heterocycles. The molecule has 2 N–H and O–H groups in total. The van der Waals surface area contributed by atoms with Crippen LogP contribution in [0, 0.1) is 10.1 Å². The number of hydrogen-bond acceptors (Lipinski definition) is 5. The Labute approximate surface area is 109 Å². The fourth-order valence-electron chi connectivity index (χ4n) is 0.990. The molecular formula is C9H14ClN3O3S. The minimum Gasteiger partial charge on any atom is -0.350 e. The van der Waals surface area contributed by atoms with Gasteiger partial charge in [-0.1, -0.05) is 11.3 Å². The monoisotopic (exact) mass is 279 g/mol. The summed E-state index contributed by atoms with van der Waals surface area (Å²) < 4.78 is 0. The number of nitrogens with one attached hydrogen (secondary N) is 2. The van der Waals surface area contributed by atoms with E-state index in [-0.39, 0.29) is 29.4 Å². The number of nitrogens with zero attached hydrogens (tertiary/aromatic N) is 1. The first-order valence-corrected chi connectivity index (χ1v) is 5.61. The lowest BCUT2D eigenvalue weighted by atomic mass is 10.3. The van der Waals surface area contributed by atoms with Crippen LogP contribution in [-0.2, 0) is 0 Å². The van der Waals surface area contributed by atoms with Crippen LogP contribution in [-0.4, -0.2) is 30.5 Å². The summed E-state index contributed by atoms with van der Waals surface area (Å²) in [5.41, 5.74) is 0.333. The van der Waals surface area contributed by atoms with Gasteiger partial charge in [0.05, 0.1) is 10.5 Å². The van der Waals surface area contributed by atoms with Crippen LogP contribution in [0.2, 0.25) is 0 Å². The number of thiophene rings is 1. The van der Waals surface area contributed by atoms with E-state index in [1.165, 1.54) is 11.4 Å². The molecule has 0 bridgehead atoms. The van der Waals surface area contributed by atoms with Crippen LogP contribution in [0.4, 0.5) is 5.00 Å². The largest absolute Gasteiger partial charge is 0.350 e. The highest BCUT2D eigenvalue weighted by Crippen LogP contribution is 2.22. The minimum absolute atomic E-state index is 0. The molecular weight excluding hydrogens is 266 g/mol. The molecule has 0 aromatic carbocycles. The van der Waals surface area contributed by atoms with Gasteiger partial charge in [-0.15, -0.1) is 12.4 Å². The Balaban J connectivity index is 0.00000256. The van der Waals surface area contributed by atoms with Gasteiger partial charge in [-0.05, 0) is 14.0 Å². The average molecular weight is 280 g/mol. The third-order valence-electron chi connectivity index (χ3n) is 2.09. The Bertz CT molecular complexity index is 397. The summed E-state index contributed by atoms with van der Waals surface area (Å²) in [6.07, 6.45) is 0. The average Bonchev–Trinajstić information content (AvgIpc) is 2.74. The summed E-state index contributed by atoms with van der Waals surface area (Å²) in [6, 6.07) is 1.45. The van der Waals surface area contributed by atoms with Crippen molar-refractivity contribution in [2.75, 3.05) is 13.6 Å². The maximum absolute atomic E-state index is 11.5. The van der Waals surface area contributed by atoms with Gasteiger partial charge in [0.2, 0.25) is 0 Å². The van der Waals surface area contributed by atoms with Crippen molar-refractivity contribution in [2.45, 2.75) is 13.0 Å². The summed E-state index contributed by atoms with van der Waals surface area (Å²) in [5, 5.41) is 17.5. The standard InChI is InChI=1S/C9H13N3O3S.ClH/c1-6(10-2)4-11-9(13)7-3-8(12(14)15)16-5-7;/h3,5-6,10H,4H2,1-2H3,(H,11,13);1H. The molecule has 96 valence electrons. The molecule has 0 aliphatic rings. The predicted octanol–water partition coefficient (Wildman–Crippen LogP) is 1.42. The number of nitro groups is 1. The first kappa shape index (κ1) is 15.8. The van der Waals surface area contributed by atoms with E-state index in [2.05, 4.69) is 10.6 Å². The molecule has 0 saturated carbocycles. The maximum Gasteiger partial charge on any atom is 0.324 e. The summed E-state index contributed by atoms with van der Waals surface area (Å²) in [4.78, 5) is 21.5. The molecule has 6 nitrogen and oxygen atoms in total. The molecule has 0 spiro atoms. The van der Waals surface area contributed by atoms with E-state index in [0.717, 1.165) is 11.3 Å². The van der Waals surface area contributed by atoms with E-state index in [1.54, 1.807) is 7.05 Å². The third-order valence-corrected chi connectivity index (χ3v) is 2.97. The number of amides is 1. The van der Waals surface area contributed by atoms with Gasteiger partial charge >= 0.3 is 5.00 Å². The Morgan fingerprint density at radius 2 is 2.29 bits per heavy atom. The molecule has 1 atom stereocenters. The predicted molar refractivity (Wildman–Crippen MR) is 69.1 cm³/mol. The van der Waals surface area contributed by atoms with Gasteiger partial charge in [0, 0.05) is 24.0 Å². The van der Waals surface area contributed by atoms with Crippen molar-refractivity contribution < 1.29 is 9.72 Å². The molecule has 0 aliphatic heterocycles. The summed E-state index contributed by atoms with van der Waals surface area (Å²) in [7, 11) is 1.80. The highest BCUT2D eigenvalue weighted by molar-refractivity contribution is 7.13. The van der Waals surface area contributed by atoms with Gasteiger partial charge in [0.25, 0.3) is 5.91 Å². The molecule has 0 fully saturated rings. The van der Waals surface area contributed by atoms with Crippen LogP contribution in [0.3, 0.4) is 0 Å². The Morgan fingerprint density at radius 3 is 2.76 bits per heavy atom. The van der Waals surface area contributed by atoms with Crippen LogP contribution in [0.5, 0.6) is 0 Å². The van der Waals surface area contributed by atoms with Crippen molar-refractivity contribution in [2.24, 2.45) is 0 Å². The summed E-state index contributed by atoms with van der Waals surface area (Å²) in [6.45, 7) is 2.41. The first-order chi connectivity index (χ1) is 7.54. The van der Waals surface area contributed by atoms with Crippen molar-refractivity contribution in [1.82, 2.24) is 10.6 Å². The van der Waals surface area contributed by atoms with Crippen LogP contribution in [0.15, 0.2) is 11.4 Å². The number of carbonyl (C=O) groups is 1. The lowest BCUT2D eigenvalue weighted by Gasteiger charge is -2.10. The molecule has 1 rings (SSSR count). The van der Waals surface area contributed by atoms with E-state index in [0.29, 0.717) is 12.1 Å².